The molecule has 0 saturated heterocycles. The summed E-state index contributed by atoms with van der Waals surface area (Å²) in [6, 6.07) is 9.48. The molecule has 0 unspecified atom stereocenters. The molecule has 0 radical (unpaired) electrons. The van der Waals surface area contributed by atoms with E-state index in [-0.39, 0.29) is 0 Å². The molecule has 0 spiro atoms. The van der Waals surface area contributed by atoms with E-state index in [1.807, 2.05) is 44.2 Å². The number of fused-ring (bicyclic) bond motifs is 1. The van der Waals surface area contributed by atoms with Crippen LogP contribution in [0, 0.1) is 13.8 Å². The Bertz CT molecular complexity index is 1350. The number of benzene rings is 1. The molecule has 0 saturated carbocycles. The van der Waals surface area contributed by atoms with E-state index in [2.05, 4.69) is 36.0 Å². The van der Waals surface area contributed by atoms with Gasteiger partial charge in [0.05, 0.1) is 23.4 Å². The largest absolute Gasteiger partial charge is 0.389 e. The van der Waals surface area contributed by atoms with Crippen LogP contribution in [0.2, 0.25) is 10.2 Å². The minimum Gasteiger partial charge on any atom is -0.389 e. The zero-order valence-electron chi connectivity index (χ0n) is 20.0. The van der Waals surface area contributed by atoms with E-state index in [9.17, 15) is 5.11 Å². The van der Waals surface area contributed by atoms with Crippen LogP contribution in [0.15, 0.2) is 36.5 Å². The molecule has 3 aromatic heterocycles. The minimum absolute atomic E-state index is 0.293. The molecule has 4 N–H and O–H groups in total. The molecule has 4 aromatic rings. The normalized spacial score (nSPS) is 11.6. The van der Waals surface area contributed by atoms with Crippen molar-refractivity contribution < 1.29 is 5.11 Å². The Labute approximate surface area is 213 Å². The van der Waals surface area contributed by atoms with Crippen LogP contribution in [0.5, 0.6) is 0 Å². The van der Waals surface area contributed by atoms with E-state index in [4.69, 9.17) is 23.2 Å². The second-order valence-electron chi connectivity index (χ2n) is 8.94. The number of rotatable bonds is 9. The van der Waals surface area contributed by atoms with Crippen LogP contribution in [0.4, 0.5) is 23.1 Å². The van der Waals surface area contributed by atoms with Gasteiger partial charge < -0.3 is 21.1 Å². The van der Waals surface area contributed by atoms with Crippen molar-refractivity contribution in [1.82, 2.24) is 24.7 Å². The van der Waals surface area contributed by atoms with Crippen molar-refractivity contribution in [3.8, 4) is 0 Å². The smallest absolute Gasteiger partial charge is 0.229 e. The first kappa shape index (κ1) is 25.0. The number of aliphatic hydroxyl groups is 1. The van der Waals surface area contributed by atoms with Crippen LogP contribution in [-0.4, -0.2) is 48.5 Å². The van der Waals surface area contributed by atoms with Crippen molar-refractivity contribution in [3.05, 3.63) is 58.1 Å². The third-order valence-electron chi connectivity index (χ3n) is 5.24. The third-order valence-corrected chi connectivity index (χ3v) is 5.74. The maximum absolute atomic E-state index is 10.1. The topological polar surface area (TPSA) is 113 Å². The van der Waals surface area contributed by atoms with E-state index in [0.717, 1.165) is 28.0 Å². The number of nitrogens with one attached hydrogen (secondary N) is 3. The first-order valence-electron chi connectivity index (χ1n) is 11.2. The fourth-order valence-electron chi connectivity index (χ4n) is 3.66. The molecule has 0 aliphatic heterocycles. The standard InChI is InChI=1S/C24H28Cl2N8O/c1-14-11-20(29-10-9-28-18-7-8-27-19-12-16(25)5-6-17(18)19)31-23(30-14)32-21-15(2)34(33-22(21)26)13-24(3,4)35/h5-8,11-12,35H,9-10,13H2,1-4H3,(H,27,28)(H2,29,30,31,32). The maximum atomic E-state index is 10.1. The van der Waals surface area contributed by atoms with Gasteiger partial charge in [-0.2, -0.15) is 10.1 Å². The highest BCUT2D eigenvalue weighted by Gasteiger charge is 2.20. The van der Waals surface area contributed by atoms with E-state index in [1.54, 1.807) is 24.7 Å². The summed E-state index contributed by atoms with van der Waals surface area (Å²) in [6.45, 7) is 8.84. The summed E-state index contributed by atoms with van der Waals surface area (Å²) in [5, 5.41) is 26.3. The highest BCUT2D eigenvalue weighted by atomic mass is 35.5. The summed E-state index contributed by atoms with van der Waals surface area (Å²) in [5.74, 6) is 1.09. The van der Waals surface area contributed by atoms with Crippen molar-refractivity contribution in [2.45, 2.75) is 39.8 Å². The number of anilines is 4. The predicted octanol–water partition coefficient (Wildman–Crippen LogP) is 5.18. The molecule has 3 heterocycles. The molecule has 0 atom stereocenters. The highest BCUT2D eigenvalue weighted by Crippen LogP contribution is 2.29. The summed E-state index contributed by atoms with van der Waals surface area (Å²) < 4.78 is 1.67. The first-order valence-corrected chi connectivity index (χ1v) is 11.9. The van der Waals surface area contributed by atoms with Crippen molar-refractivity contribution in [3.63, 3.8) is 0 Å². The van der Waals surface area contributed by atoms with E-state index < -0.39 is 5.60 Å². The Hall–Kier alpha value is -3.14. The van der Waals surface area contributed by atoms with Crippen molar-refractivity contribution in [2.24, 2.45) is 0 Å². The van der Waals surface area contributed by atoms with Gasteiger partial charge in [-0.25, -0.2) is 4.98 Å². The lowest BCUT2D eigenvalue weighted by molar-refractivity contribution is 0.0571. The molecule has 0 fully saturated rings. The molecule has 4 rings (SSSR count). The average Bonchev–Trinajstić information content (AvgIpc) is 3.02. The highest BCUT2D eigenvalue weighted by molar-refractivity contribution is 6.32. The second kappa shape index (κ2) is 10.2. The van der Waals surface area contributed by atoms with Gasteiger partial charge in [-0.15, -0.1) is 0 Å². The number of pyridine rings is 1. The average molecular weight is 515 g/mol. The molecule has 0 aliphatic rings. The lowest BCUT2D eigenvalue weighted by Gasteiger charge is -2.18. The zero-order valence-corrected chi connectivity index (χ0v) is 21.5. The molecule has 11 heteroatoms. The van der Waals surface area contributed by atoms with Gasteiger partial charge in [0.1, 0.15) is 11.5 Å². The molecule has 35 heavy (non-hydrogen) atoms. The molecule has 0 aliphatic carbocycles. The van der Waals surface area contributed by atoms with Gasteiger partial charge in [0, 0.05) is 47.1 Å². The van der Waals surface area contributed by atoms with Gasteiger partial charge in [0.2, 0.25) is 5.95 Å². The summed E-state index contributed by atoms with van der Waals surface area (Å²) in [5.41, 5.74) is 3.11. The Morgan fingerprint density at radius 1 is 1.03 bits per heavy atom. The summed E-state index contributed by atoms with van der Waals surface area (Å²) in [4.78, 5) is 13.4. The van der Waals surface area contributed by atoms with Crippen LogP contribution in [0.25, 0.3) is 10.9 Å². The number of aromatic nitrogens is 5. The first-order chi connectivity index (χ1) is 16.6. The number of halogens is 2. The van der Waals surface area contributed by atoms with Gasteiger partial charge in [0.15, 0.2) is 5.15 Å². The van der Waals surface area contributed by atoms with Crippen molar-refractivity contribution in [2.75, 3.05) is 29.0 Å². The number of hydrogen-bond acceptors (Lipinski definition) is 8. The molecule has 0 amide bonds. The predicted molar refractivity (Wildman–Crippen MR) is 142 cm³/mol. The summed E-state index contributed by atoms with van der Waals surface area (Å²) in [7, 11) is 0. The van der Waals surface area contributed by atoms with Crippen molar-refractivity contribution in [1.29, 1.82) is 0 Å². The van der Waals surface area contributed by atoms with Gasteiger partial charge in [0.25, 0.3) is 0 Å². The number of aryl methyl sites for hydroxylation is 1. The minimum atomic E-state index is -0.919. The monoisotopic (exact) mass is 514 g/mol. The third kappa shape index (κ3) is 6.30. The van der Waals surface area contributed by atoms with Gasteiger partial charge >= 0.3 is 0 Å². The van der Waals surface area contributed by atoms with Crippen LogP contribution in [0.1, 0.15) is 25.2 Å². The second-order valence-corrected chi connectivity index (χ2v) is 9.73. The van der Waals surface area contributed by atoms with Gasteiger partial charge in [-0.3, -0.25) is 9.67 Å². The SMILES string of the molecule is Cc1cc(NCCNc2ccnc3cc(Cl)ccc23)nc(Nc2c(Cl)nn(CC(C)(C)O)c2C)n1. The lowest BCUT2D eigenvalue weighted by Crippen LogP contribution is -2.27. The summed E-state index contributed by atoms with van der Waals surface area (Å²) >= 11 is 12.4. The molecule has 0 bridgehead atoms. The quantitative estimate of drug-likeness (QED) is 0.226. The van der Waals surface area contributed by atoms with Crippen LogP contribution < -0.4 is 16.0 Å². The zero-order chi connectivity index (χ0) is 25.2. The molecular weight excluding hydrogens is 487 g/mol. The van der Waals surface area contributed by atoms with E-state index >= 15 is 0 Å². The van der Waals surface area contributed by atoms with Crippen molar-refractivity contribution >= 4 is 57.2 Å². The van der Waals surface area contributed by atoms with E-state index in [0.29, 0.717) is 47.3 Å². The number of hydrogen-bond donors (Lipinski definition) is 4. The fourth-order valence-corrected chi connectivity index (χ4v) is 4.10. The summed E-state index contributed by atoms with van der Waals surface area (Å²) in [6.07, 6.45) is 1.76. The Morgan fingerprint density at radius 2 is 1.80 bits per heavy atom. The Morgan fingerprint density at radius 3 is 2.57 bits per heavy atom. The number of nitrogens with zero attached hydrogens (tertiary/aromatic N) is 5. The molecular formula is C24H28Cl2N8O. The Balaban J connectivity index is 1.41. The molecule has 9 nitrogen and oxygen atoms in total. The molecule has 1 aromatic carbocycles. The van der Waals surface area contributed by atoms with Gasteiger partial charge in [-0.1, -0.05) is 23.2 Å². The maximum Gasteiger partial charge on any atom is 0.229 e. The lowest BCUT2D eigenvalue weighted by atomic mass is 10.1. The van der Waals surface area contributed by atoms with Crippen LogP contribution >= 0.6 is 23.2 Å². The van der Waals surface area contributed by atoms with E-state index in [1.165, 1.54) is 0 Å². The van der Waals surface area contributed by atoms with Crippen LogP contribution in [-0.2, 0) is 6.54 Å². The van der Waals surface area contributed by atoms with Gasteiger partial charge in [-0.05, 0) is 52.0 Å². The van der Waals surface area contributed by atoms with Crippen LogP contribution in [0.3, 0.4) is 0 Å². The Kier molecular flexibility index (Phi) is 7.30. The molecule has 184 valence electrons. The fraction of sp³-hybridized carbons (Fsp3) is 0.333.